The Morgan fingerprint density at radius 1 is 1.39 bits per heavy atom. The molecule has 1 aromatic heterocycles. The molecule has 0 spiro atoms. The number of benzene rings is 1. The molecular formula is C12H13FN4S. The molecule has 0 amide bonds. The van der Waals surface area contributed by atoms with Gasteiger partial charge in [0.1, 0.15) is 22.5 Å². The number of nitrogens with two attached hydrogens (primary N) is 1. The first-order valence-corrected chi connectivity index (χ1v) is 5.84. The molecule has 2 rings (SSSR count). The van der Waals surface area contributed by atoms with Crippen molar-refractivity contribution in [3.63, 3.8) is 0 Å². The summed E-state index contributed by atoms with van der Waals surface area (Å²) in [5, 5.41) is 4.23. The number of aryl methyl sites for hydroxylation is 2. The molecule has 6 heteroatoms. The zero-order valence-electron chi connectivity index (χ0n) is 10.1. The zero-order valence-corrected chi connectivity index (χ0v) is 11.0. The number of nitrogens with zero attached hydrogens (tertiary/aromatic N) is 3. The maximum Gasteiger partial charge on any atom is 0.147 e. The lowest BCUT2D eigenvalue weighted by Crippen LogP contribution is -2.11. The largest absolute Gasteiger partial charge is 0.389 e. The van der Waals surface area contributed by atoms with E-state index in [2.05, 4.69) is 10.1 Å². The van der Waals surface area contributed by atoms with Crippen molar-refractivity contribution in [3.05, 3.63) is 46.8 Å². The second kappa shape index (κ2) is 4.81. The maximum atomic E-state index is 13.4. The van der Waals surface area contributed by atoms with E-state index in [0.717, 1.165) is 11.4 Å². The average molecular weight is 264 g/mol. The molecule has 0 bridgehead atoms. The van der Waals surface area contributed by atoms with Gasteiger partial charge in [0, 0.05) is 5.56 Å². The normalized spacial score (nSPS) is 10.6. The third kappa shape index (κ3) is 2.70. The average Bonchev–Trinajstić information content (AvgIpc) is 2.56. The number of hydrogen-bond acceptors (Lipinski definition) is 3. The van der Waals surface area contributed by atoms with E-state index in [1.54, 1.807) is 10.7 Å². The van der Waals surface area contributed by atoms with Gasteiger partial charge in [-0.05, 0) is 37.6 Å². The van der Waals surface area contributed by atoms with Crippen LogP contribution in [0.2, 0.25) is 0 Å². The molecule has 1 aromatic carbocycles. The molecule has 1 heterocycles. The third-order valence-electron chi connectivity index (χ3n) is 2.54. The van der Waals surface area contributed by atoms with E-state index in [4.69, 9.17) is 18.0 Å². The fourth-order valence-corrected chi connectivity index (χ4v) is 1.89. The van der Waals surface area contributed by atoms with Crippen molar-refractivity contribution in [3.8, 4) is 0 Å². The summed E-state index contributed by atoms with van der Waals surface area (Å²) in [6.45, 7) is 4.11. The van der Waals surface area contributed by atoms with Gasteiger partial charge in [-0.15, -0.1) is 0 Å². The standard InChI is InChI=1S/C12H13FN4S/c1-7-15-8(2)17(16-7)6-9-3-10(12(14)18)5-11(13)4-9/h3-5H,6H2,1-2H3,(H2,14,18). The van der Waals surface area contributed by atoms with Crippen LogP contribution in [0.1, 0.15) is 22.8 Å². The summed E-state index contributed by atoms with van der Waals surface area (Å²) in [5.74, 6) is 1.12. The predicted molar refractivity (Wildman–Crippen MR) is 70.9 cm³/mol. The molecule has 0 saturated heterocycles. The van der Waals surface area contributed by atoms with Gasteiger partial charge in [0.05, 0.1) is 6.54 Å². The van der Waals surface area contributed by atoms with Crippen molar-refractivity contribution in [2.24, 2.45) is 5.73 Å². The topological polar surface area (TPSA) is 56.7 Å². The Hall–Kier alpha value is -1.82. The van der Waals surface area contributed by atoms with E-state index >= 15 is 0 Å². The molecule has 2 aromatic rings. The molecule has 0 aliphatic carbocycles. The van der Waals surface area contributed by atoms with Crippen LogP contribution < -0.4 is 5.73 Å². The van der Waals surface area contributed by atoms with E-state index in [-0.39, 0.29) is 10.8 Å². The van der Waals surface area contributed by atoms with Crippen LogP contribution >= 0.6 is 12.2 Å². The minimum atomic E-state index is -0.357. The van der Waals surface area contributed by atoms with Gasteiger partial charge >= 0.3 is 0 Å². The first kappa shape index (κ1) is 12.6. The molecule has 0 aliphatic rings. The first-order chi connectivity index (χ1) is 8.45. The predicted octanol–water partition coefficient (Wildman–Crippen LogP) is 1.72. The Morgan fingerprint density at radius 2 is 2.11 bits per heavy atom. The van der Waals surface area contributed by atoms with Crippen LogP contribution in [0, 0.1) is 19.7 Å². The molecule has 94 valence electrons. The van der Waals surface area contributed by atoms with E-state index < -0.39 is 0 Å². The zero-order chi connectivity index (χ0) is 13.3. The van der Waals surface area contributed by atoms with Crippen LogP contribution in [0.3, 0.4) is 0 Å². The summed E-state index contributed by atoms with van der Waals surface area (Å²) in [6.07, 6.45) is 0. The summed E-state index contributed by atoms with van der Waals surface area (Å²) in [6, 6.07) is 4.53. The SMILES string of the molecule is Cc1nc(C)n(Cc2cc(F)cc(C(N)=S)c2)n1. The molecule has 0 radical (unpaired) electrons. The highest BCUT2D eigenvalue weighted by molar-refractivity contribution is 7.80. The monoisotopic (exact) mass is 264 g/mol. The molecule has 0 aliphatic heterocycles. The first-order valence-electron chi connectivity index (χ1n) is 5.43. The van der Waals surface area contributed by atoms with Crippen LogP contribution in [-0.2, 0) is 6.54 Å². The van der Waals surface area contributed by atoms with E-state index in [9.17, 15) is 4.39 Å². The smallest absolute Gasteiger partial charge is 0.147 e. The van der Waals surface area contributed by atoms with Crippen LogP contribution in [0.25, 0.3) is 0 Å². The summed E-state index contributed by atoms with van der Waals surface area (Å²) < 4.78 is 15.2. The summed E-state index contributed by atoms with van der Waals surface area (Å²) in [5.41, 5.74) is 6.79. The highest BCUT2D eigenvalue weighted by atomic mass is 32.1. The van der Waals surface area contributed by atoms with Crippen molar-refractivity contribution in [1.82, 2.24) is 14.8 Å². The minimum absolute atomic E-state index is 0.183. The molecule has 0 atom stereocenters. The second-order valence-electron chi connectivity index (χ2n) is 4.08. The van der Waals surface area contributed by atoms with E-state index in [1.807, 2.05) is 13.8 Å². The molecule has 0 saturated carbocycles. The number of thiocarbonyl (C=S) groups is 1. The fourth-order valence-electron chi connectivity index (χ4n) is 1.77. The molecule has 0 unspecified atom stereocenters. The van der Waals surface area contributed by atoms with Crippen LogP contribution in [0.15, 0.2) is 18.2 Å². The molecule has 2 N–H and O–H groups in total. The Balaban J connectivity index is 2.34. The number of halogens is 1. The molecule has 0 fully saturated rings. The fraction of sp³-hybridized carbons (Fsp3) is 0.250. The lowest BCUT2D eigenvalue weighted by molar-refractivity contribution is 0.615. The van der Waals surface area contributed by atoms with Crippen molar-refractivity contribution in [2.75, 3.05) is 0 Å². The van der Waals surface area contributed by atoms with Gasteiger partial charge in [0.2, 0.25) is 0 Å². The van der Waals surface area contributed by atoms with Crippen LogP contribution in [-0.4, -0.2) is 19.8 Å². The number of hydrogen-bond donors (Lipinski definition) is 1. The van der Waals surface area contributed by atoms with Crippen molar-refractivity contribution >= 4 is 17.2 Å². The Bertz CT molecular complexity index is 606. The number of aromatic nitrogens is 3. The lowest BCUT2D eigenvalue weighted by atomic mass is 10.1. The lowest BCUT2D eigenvalue weighted by Gasteiger charge is -2.06. The van der Waals surface area contributed by atoms with Crippen LogP contribution in [0.5, 0.6) is 0 Å². The quantitative estimate of drug-likeness (QED) is 0.858. The highest BCUT2D eigenvalue weighted by Gasteiger charge is 2.07. The molecule has 18 heavy (non-hydrogen) atoms. The van der Waals surface area contributed by atoms with Gasteiger partial charge in [0.15, 0.2) is 0 Å². The highest BCUT2D eigenvalue weighted by Crippen LogP contribution is 2.11. The van der Waals surface area contributed by atoms with Gasteiger partial charge in [-0.25, -0.2) is 14.1 Å². The maximum absolute atomic E-state index is 13.4. The van der Waals surface area contributed by atoms with E-state index in [1.165, 1.54) is 12.1 Å². The second-order valence-corrected chi connectivity index (χ2v) is 4.52. The Labute approximate surface area is 110 Å². The molecular weight excluding hydrogens is 251 g/mol. The van der Waals surface area contributed by atoms with Crippen molar-refractivity contribution in [2.45, 2.75) is 20.4 Å². The summed E-state index contributed by atoms with van der Waals surface area (Å²) in [7, 11) is 0. The van der Waals surface area contributed by atoms with Gasteiger partial charge < -0.3 is 5.73 Å². The number of rotatable bonds is 3. The Morgan fingerprint density at radius 3 is 2.67 bits per heavy atom. The van der Waals surface area contributed by atoms with Gasteiger partial charge in [0.25, 0.3) is 0 Å². The molecule has 4 nitrogen and oxygen atoms in total. The van der Waals surface area contributed by atoms with Crippen molar-refractivity contribution < 1.29 is 4.39 Å². The van der Waals surface area contributed by atoms with Gasteiger partial charge in [-0.1, -0.05) is 12.2 Å². The summed E-state index contributed by atoms with van der Waals surface area (Å²) >= 11 is 4.85. The summed E-state index contributed by atoms with van der Waals surface area (Å²) in [4.78, 5) is 4.38. The Kier molecular flexibility index (Phi) is 3.38. The minimum Gasteiger partial charge on any atom is -0.389 e. The van der Waals surface area contributed by atoms with Crippen LogP contribution in [0.4, 0.5) is 4.39 Å². The van der Waals surface area contributed by atoms with Gasteiger partial charge in [-0.3, -0.25) is 0 Å². The van der Waals surface area contributed by atoms with Crippen molar-refractivity contribution in [1.29, 1.82) is 0 Å². The van der Waals surface area contributed by atoms with Gasteiger partial charge in [-0.2, -0.15) is 5.10 Å². The van der Waals surface area contributed by atoms with E-state index in [0.29, 0.717) is 17.9 Å². The third-order valence-corrected chi connectivity index (χ3v) is 2.77.